The Morgan fingerprint density at radius 3 is 2.88 bits per heavy atom. The second-order valence-corrected chi connectivity index (χ2v) is 3.96. The molecule has 0 amide bonds. The molecule has 1 aromatic rings. The van der Waals surface area contributed by atoms with Crippen LogP contribution in [0.5, 0.6) is 5.88 Å². The van der Waals surface area contributed by atoms with Crippen molar-refractivity contribution in [2.75, 3.05) is 20.2 Å². The lowest BCUT2D eigenvalue weighted by Crippen LogP contribution is -2.26. The molecule has 0 aromatic carbocycles. The molecule has 0 atom stereocenters. The fourth-order valence-electron chi connectivity index (χ4n) is 2.09. The molecule has 4 heteroatoms. The first-order valence-corrected chi connectivity index (χ1v) is 5.50. The van der Waals surface area contributed by atoms with Gasteiger partial charge in [-0.2, -0.15) is 5.26 Å². The molecule has 84 valence electrons. The number of hydrogen-bond acceptors (Lipinski definition) is 4. The van der Waals surface area contributed by atoms with Gasteiger partial charge in [0.05, 0.1) is 7.11 Å². The van der Waals surface area contributed by atoms with E-state index in [2.05, 4.69) is 16.4 Å². The smallest absolute Gasteiger partial charge is 0.231 e. The first-order valence-electron chi connectivity index (χ1n) is 5.50. The van der Waals surface area contributed by atoms with E-state index in [1.807, 2.05) is 12.3 Å². The van der Waals surface area contributed by atoms with E-state index in [0.29, 0.717) is 17.4 Å². The van der Waals surface area contributed by atoms with Crippen LogP contribution in [-0.2, 0) is 0 Å². The van der Waals surface area contributed by atoms with E-state index in [9.17, 15) is 0 Å². The lowest BCUT2D eigenvalue weighted by Gasteiger charge is -2.22. The molecule has 0 saturated carbocycles. The first-order chi connectivity index (χ1) is 7.85. The highest BCUT2D eigenvalue weighted by molar-refractivity contribution is 5.41. The maximum absolute atomic E-state index is 8.99. The zero-order valence-electron chi connectivity index (χ0n) is 9.36. The van der Waals surface area contributed by atoms with Crippen molar-refractivity contribution in [2.24, 2.45) is 0 Å². The summed E-state index contributed by atoms with van der Waals surface area (Å²) < 4.78 is 5.03. The summed E-state index contributed by atoms with van der Waals surface area (Å²) in [6, 6.07) is 4.03. The van der Waals surface area contributed by atoms with E-state index < -0.39 is 0 Å². The Hall–Kier alpha value is -1.60. The van der Waals surface area contributed by atoms with Crippen molar-refractivity contribution in [3.63, 3.8) is 0 Å². The Balaban J connectivity index is 2.25. The number of nitriles is 1. The third kappa shape index (κ3) is 2.15. The summed E-state index contributed by atoms with van der Waals surface area (Å²) in [7, 11) is 1.54. The molecule has 16 heavy (non-hydrogen) atoms. The zero-order chi connectivity index (χ0) is 11.4. The molecule has 1 saturated heterocycles. The predicted molar refractivity (Wildman–Crippen MR) is 60.3 cm³/mol. The molecule has 1 N–H and O–H groups in total. The quantitative estimate of drug-likeness (QED) is 0.814. The van der Waals surface area contributed by atoms with E-state index in [1.165, 1.54) is 7.11 Å². The van der Waals surface area contributed by atoms with E-state index >= 15 is 0 Å². The average Bonchev–Trinajstić information content (AvgIpc) is 2.39. The van der Waals surface area contributed by atoms with Crippen molar-refractivity contribution in [3.8, 4) is 11.9 Å². The van der Waals surface area contributed by atoms with E-state index in [0.717, 1.165) is 31.5 Å². The standard InChI is InChI=1S/C12H15N3O/c1-16-12-10(7-13)6-11(8-15-12)9-2-4-14-5-3-9/h6,8-9,14H,2-5H2,1H3. The molecule has 1 aromatic heterocycles. The topological polar surface area (TPSA) is 57.9 Å². The van der Waals surface area contributed by atoms with E-state index in [1.54, 1.807) is 0 Å². The number of rotatable bonds is 2. The van der Waals surface area contributed by atoms with Gasteiger partial charge < -0.3 is 10.1 Å². The Labute approximate surface area is 95.3 Å². The molecule has 0 aliphatic carbocycles. The minimum absolute atomic E-state index is 0.417. The van der Waals surface area contributed by atoms with Gasteiger partial charge in [-0.1, -0.05) is 0 Å². The molecule has 0 bridgehead atoms. The molecule has 2 rings (SSSR count). The number of nitrogens with zero attached hydrogens (tertiary/aromatic N) is 2. The second-order valence-electron chi connectivity index (χ2n) is 3.96. The van der Waals surface area contributed by atoms with Gasteiger partial charge in [0, 0.05) is 6.20 Å². The van der Waals surface area contributed by atoms with Crippen molar-refractivity contribution in [2.45, 2.75) is 18.8 Å². The summed E-state index contributed by atoms with van der Waals surface area (Å²) in [5.41, 5.74) is 1.68. The minimum Gasteiger partial charge on any atom is -0.480 e. The Bertz CT molecular complexity index is 405. The normalized spacial score (nSPS) is 16.8. The maximum atomic E-state index is 8.99. The molecular weight excluding hydrogens is 202 g/mol. The number of ether oxygens (including phenoxy) is 1. The summed E-state index contributed by atoms with van der Waals surface area (Å²) in [5, 5.41) is 12.3. The summed E-state index contributed by atoms with van der Waals surface area (Å²) in [4.78, 5) is 4.18. The fourth-order valence-corrected chi connectivity index (χ4v) is 2.09. The third-order valence-corrected chi connectivity index (χ3v) is 3.00. The minimum atomic E-state index is 0.417. The largest absolute Gasteiger partial charge is 0.480 e. The van der Waals surface area contributed by atoms with Crippen LogP contribution in [-0.4, -0.2) is 25.2 Å². The molecule has 2 heterocycles. The van der Waals surface area contributed by atoms with Gasteiger partial charge >= 0.3 is 0 Å². The Morgan fingerprint density at radius 2 is 2.25 bits per heavy atom. The van der Waals surface area contributed by atoms with Crippen LogP contribution in [0.15, 0.2) is 12.3 Å². The van der Waals surface area contributed by atoms with Crippen LogP contribution in [0.25, 0.3) is 0 Å². The van der Waals surface area contributed by atoms with Gasteiger partial charge in [0.25, 0.3) is 0 Å². The van der Waals surface area contributed by atoms with Gasteiger partial charge in [-0.3, -0.25) is 0 Å². The molecule has 0 unspecified atom stereocenters. The highest BCUT2D eigenvalue weighted by atomic mass is 16.5. The molecular formula is C12H15N3O. The molecule has 1 aliphatic rings. The van der Waals surface area contributed by atoms with Gasteiger partial charge in [-0.05, 0) is 43.5 Å². The van der Waals surface area contributed by atoms with Gasteiger partial charge in [-0.25, -0.2) is 4.98 Å². The average molecular weight is 217 g/mol. The summed E-state index contributed by atoms with van der Waals surface area (Å²) in [5.74, 6) is 0.937. The van der Waals surface area contributed by atoms with E-state index in [4.69, 9.17) is 10.00 Å². The molecule has 0 radical (unpaired) electrons. The summed E-state index contributed by atoms with van der Waals surface area (Å²) in [6.45, 7) is 2.08. The maximum Gasteiger partial charge on any atom is 0.231 e. The van der Waals surface area contributed by atoms with E-state index in [-0.39, 0.29) is 0 Å². The Morgan fingerprint density at radius 1 is 1.50 bits per heavy atom. The summed E-state index contributed by atoms with van der Waals surface area (Å²) in [6.07, 6.45) is 4.05. The monoisotopic (exact) mass is 217 g/mol. The van der Waals surface area contributed by atoms with Crippen LogP contribution in [0.4, 0.5) is 0 Å². The van der Waals surface area contributed by atoms with Crippen LogP contribution in [0.1, 0.15) is 29.9 Å². The van der Waals surface area contributed by atoms with Crippen molar-refractivity contribution in [1.29, 1.82) is 5.26 Å². The number of piperidine rings is 1. The van der Waals surface area contributed by atoms with Crippen LogP contribution >= 0.6 is 0 Å². The van der Waals surface area contributed by atoms with Gasteiger partial charge in [0.2, 0.25) is 5.88 Å². The highest BCUT2D eigenvalue weighted by Gasteiger charge is 2.17. The molecule has 4 nitrogen and oxygen atoms in total. The second kappa shape index (κ2) is 4.95. The first kappa shape index (κ1) is 10.9. The Kier molecular flexibility index (Phi) is 3.37. The predicted octanol–water partition coefficient (Wildman–Crippen LogP) is 1.43. The number of methoxy groups -OCH3 is 1. The van der Waals surface area contributed by atoms with Crippen LogP contribution < -0.4 is 10.1 Å². The van der Waals surface area contributed by atoms with Crippen LogP contribution in [0, 0.1) is 11.3 Å². The lowest BCUT2D eigenvalue weighted by molar-refractivity contribution is 0.395. The van der Waals surface area contributed by atoms with Crippen molar-refractivity contribution in [1.82, 2.24) is 10.3 Å². The molecule has 1 fully saturated rings. The van der Waals surface area contributed by atoms with Gasteiger partial charge in [0.1, 0.15) is 11.6 Å². The zero-order valence-corrected chi connectivity index (χ0v) is 9.36. The van der Waals surface area contributed by atoms with Gasteiger partial charge in [0.15, 0.2) is 0 Å². The number of aromatic nitrogens is 1. The van der Waals surface area contributed by atoms with Gasteiger partial charge in [-0.15, -0.1) is 0 Å². The summed E-state index contributed by atoms with van der Waals surface area (Å²) >= 11 is 0. The molecule has 1 aliphatic heterocycles. The SMILES string of the molecule is COc1ncc(C2CCNCC2)cc1C#N. The van der Waals surface area contributed by atoms with Crippen molar-refractivity contribution >= 4 is 0 Å². The van der Waals surface area contributed by atoms with Crippen LogP contribution in [0.2, 0.25) is 0 Å². The number of pyridine rings is 1. The molecule has 0 spiro atoms. The number of nitrogens with one attached hydrogen (secondary N) is 1. The third-order valence-electron chi connectivity index (χ3n) is 3.00. The lowest BCUT2D eigenvalue weighted by atomic mass is 9.91. The van der Waals surface area contributed by atoms with Crippen molar-refractivity contribution in [3.05, 3.63) is 23.4 Å². The van der Waals surface area contributed by atoms with Crippen molar-refractivity contribution < 1.29 is 4.74 Å². The number of hydrogen-bond donors (Lipinski definition) is 1. The highest BCUT2D eigenvalue weighted by Crippen LogP contribution is 2.27. The fraction of sp³-hybridized carbons (Fsp3) is 0.500. The van der Waals surface area contributed by atoms with Crippen LogP contribution in [0.3, 0.4) is 0 Å².